The van der Waals surface area contributed by atoms with Gasteiger partial charge in [-0.05, 0) is 24.1 Å². The molecule has 2 heterocycles. The monoisotopic (exact) mass is 326 g/mol. The summed E-state index contributed by atoms with van der Waals surface area (Å²) < 4.78 is 11.5. The van der Waals surface area contributed by atoms with Crippen molar-refractivity contribution < 1.29 is 9.00 Å². The lowest BCUT2D eigenvalue weighted by molar-refractivity contribution is -0.120. The minimum atomic E-state index is -0.965. The molecule has 4 atom stereocenters. The number of carbonyl (C=O) groups excluding carboxylic acids is 1. The molecular weight excluding hydrogens is 308 g/mol. The number of ketones is 1. The van der Waals surface area contributed by atoms with Crippen LogP contribution in [0.2, 0.25) is 0 Å². The topological polar surface area (TPSA) is 58.9 Å². The molecular formula is C18H18N2O2S. The lowest BCUT2D eigenvalue weighted by Gasteiger charge is -2.35. The molecule has 1 fully saturated rings. The molecule has 1 aliphatic carbocycles. The second-order valence-electron chi connectivity index (χ2n) is 6.55. The van der Waals surface area contributed by atoms with Crippen LogP contribution in [0.4, 0.5) is 0 Å². The fraction of sp³-hybridized carbons (Fsp3) is 0.389. The average molecular weight is 326 g/mol. The number of carbonyl (C=O) groups is 1. The number of Topliss-reactive ketones (excluding diaryl/α,β-unsaturated/α-hetero) is 1. The van der Waals surface area contributed by atoms with E-state index in [0.29, 0.717) is 12.8 Å². The summed E-state index contributed by atoms with van der Waals surface area (Å²) in [5, 5.41) is 0. The number of hydrogen-bond donors (Lipinski definition) is 0. The maximum absolute atomic E-state index is 12.1. The van der Waals surface area contributed by atoms with Gasteiger partial charge in [-0.3, -0.25) is 19.0 Å². The van der Waals surface area contributed by atoms with E-state index >= 15 is 0 Å². The van der Waals surface area contributed by atoms with Crippen LogP contribution in [-0.4, -0.2) is 28.2 Å². The van der Waals surface area contributed by atoms with Gasteiger partial charge in [0.15, 0.2) is 0 Å². The van der Waals surface area contributed by atoms with Crippen LogP contribution in [-0.2, 0) is 15.6 Å². The number of fused-ring (bicyclic) bond motifs is 2. The Hall–Kier alpha value is -1.88. The number of nitrogens with zero attached hydrogens (tertiary/aromatic N) is 2. The Morgan fingerprint density at radius 3 is 2.70 bits per heavy atom. The summed E-state index contributed by atoms with van der Waals surface area (Å²) in [4.78, 5) is 22.0. The highest BCUT2D eigenvalue weighted by atomic mass is 32.2. The number of hydrogen-bond acceptors (Lipinski definition) is 4. The van der Waals surface area contributed by atoms with Crippen molar-refractivity contribution in [3.8, 4) is 0 Å². The minimum absolute atomic E-state index is 0.0829. The van der Waals surface area contributed by atoms with Crippen molar-refractivity contribution in [3.63, 3.8) is 0 Å². The summed E-state index contributed by atoms with van der Waals surface area (Å²) in [7, 11) is -0.965. The van der Waals surface area contributed by atoms with E-state index in [2.05, 4.69) is 11.1 Å². The fourth-order valence-corrected chi connectivity index (χ4v) is 4.46. The van der Waals surface area contributed by atoms with Crippen LogP contribution in [0.3, 0.4) is 0 Å². The van der Waals surface area contributed by atoms with Gasteiger partial charge in [0.05, 0.1) is 6.04 Å². The molecule has 1 aromatic rings. The second kappa shape index (κ2) is 5.34. The highest BCUT2D eigenvalue weighted by Gasteiger charge is 2.49. The maximum atomic E-state index is 12.1. The average Bonchev–Trinajstić information content (AvgIpc) is 3.15. The summed E-state index contributed by atoms with van der Waals surface area (Å²) in [5.41, 5.74) is 1.89. The van der Waals surface area contributed by atoms with Crippen LogP contribution >= 0.6 is 0 Å². The van der Waals surface area contributed by atoms with E-state index in [0.717, 1.165) is 22.6 Å². The van der Waals surface area contributed by atoms with Crippen LogP contribution in [0.1, 0.15) is 30.9 Å². The van der Waals surface area contributed by atoms with E-state index in [-0.39, 0.29) is 23.2 Å². The Morgan fingerprint density at radius 2 is 2.04 bits per heavy atom. The minimum Gasteiger partial charge on any atom is -0.299 e. The molecule has 23 heavy (non-hydrogen) atoms. The van der Waals surface area contributed by atoms with Crippen LogP contribution in [0.5, 0.6) is 0 Å². The van der Waals surface area contributed by atoms with Gasteiger partial charge in [-0.1, -0.05) is 18.2 Å². The fourth-order valence-electron chi connectivity index (χ4n) is 3.94. The molecule has 4 rings (SSSR count). The Morgan fingerprint density at radius 1 is 1.26 bits per heavy atom. The molecule has 0 saturated heterocycles. The van der Waals surface area contributed by atoms with Gasteiger partial charge in [-0.15, -0.1) is 0 Å². The van der Waals surface area contributed by atoms with Gasteiger partial charge in [0.25, 0.3) is 0 Å². The van der Waals surface area contributed by atoms with E-state index in [1.54, 1.807) is 12.5 Å². The quantitative estimate of drug-likeness (QED) is 0.839. The van der Waals surface area contributed by atoms with Gasteiger partial charge in [-0.25, -0.2) is 0 Å². The standard InChI is InChI=1S/C18H18N2O2S/c1-23(22)14-4-2-12(3-5-14)16-9-15-17(20-16)8-13(21)10-18(15)6-7-19-11-18/h2-7,11,15-16H,8-10H2,1H3. The molecule has 0 bridgehead atoms. The molecule has 4 unspecified atom stereocenters. The molecule has 1 saturated carbocycles. The zero-order valence-corrected chi connectivity index (χ0v) is 13.8. The van der Waals surface area contributed by atoms with E-state index in [4.69, 9.17) is 4.99 Å². The predicted molar refractivity (Wildman–Crippen MR) is 91.4 cm³/mol. The molecule has 1 spiro atoms. The summed E-state index contributed by atoms with van der Waals surface area (Å²) in [6.07, 6.45) is 9.40. The summed E-state index contributed by atoms with van der Waals surface area (Å²) in [6, 6.07) is 7.92. The molecule has 3 aliphatic rings. The lowest BCUT2D eigenvalue weighted by atomic mass is 9.65. The molecule has 0 radical (unpaired) electrons. The normalized spacial score (nSPS) is 33.1. The predicted octanol–water partition coefficient (Wildman–Crippen LogP) is 2.87. The van der Waals surface area contributed by atoms with Gasteiger partial charge < -0.3 is 0 Å². The second-order valence-corrected chi connectivity index (χ2v) is 7.93. The molecule has 1 aromatic carbocycles. The Balaban J connectivity index is 1.64. The van der Waals surface area contributed by atoms with Crippen LogP contribution in [0.25, 0.3) is 0 Å². The smallest absolute Gasteiger partial charge is 0.139 e. The van der Waals surface area contributed by atoms with Crippen LogP contribution in [0.15, 0.2) is 51.4 Å². The van der Waals surface area contributed by atoms with Crippen molar-refractivity contribution in [2.45, 2.75) is 30.2 Å². The third kappa shape index (κ3) is 2.43. The zero-order chi connectivity index (χ0) is 16.0. The summed E-state index contributed by atoms with van der Waals surface area (Å²) in [5.74, 6) is 0.517. The van der Waals surface area contributed by atoms with Gasteiger partial charge in [-0.2, -0.15) is 0 Å². The van der Waals surface area contributed by atoms with Crippen molar-refractivity contribution in [1.82, 2.24) is 0 Å². The molecule has 4 nitrogen and oxygen atoms in total. The first-order chi connectivity index (χ1) is 11.1. The van der Waals surface area contributed by atoms with E-state index in [1.165, 1.54) is 0 Å². The maximum Gasteiger partial charge on any atom is 0.139 e. The third-order valence-electron chi connectivity index (χ3n) is 5.10. The molecule has 0 amide bonds. The lowest BCUT2D eigenvalue weighted by Crippen LogP contribution is -2.40. The van der Waals surface area contributed by atoms with E-state index in [9.17, 15) is 9.00 Å². The Bertz CT molecular complexity index is 765. The van der Waals surface area contributed by atoms with Crippen LogP contribution < -0.4 is 0 Å². The Labute approximate surface area is 137 Å². The summed E-state index contributed by atoms with van der Waals surface area (Å²) in [6.45, 7) is 0. The van der Waals surface area contributed by atoms with Gasteiger partial charge >= 0.3 is 0 Å². The third-order valence-corrected chi connectivity index (χ3v) is 6.03. The SMILES string of the molecule is CS(=O)c1ccc(C2CC3C(=N2)CC(=O)CC32C=CN=C2)cc1. The van der Waals surface area contributed by atoms with Crippen LogP contribution in [0, 0.1) is 11.3 Å². The van der Waals surface area contributed by atoms with Crippen molar-refractivity contribution in [2.75, 3.05) is 6.26 Å². The van der Waals surface area contributed by atoms with Crippen molar-refractivity contribution >= 4 is 28.5 Å². The van der Waals surface area contributed by atoms with E-state index in [1.807, 2.05) is 30.5 Å². The highest BCUT2D eigenvalue weighted by Crippen LogP contribution is 2.49. The van der Waals surface area contributed by atoms with E-state index < -0.39 is 10.8 Å². The van der Waals surface area contributed by atoms with Crippen molar-refractivity contribution in [2.24, 2.45) is 21.3 Å². The first-order valence-electron chi connectivity index (χ1n) is 7.81. The van der Waals surface area contributed by atoms with Crippen molar-refractivity contribution in [1.29, 1.82) is 0 Å². The summed E-state index contributed by atoms with van der Waals surface area (Å²) >= 11 is 0. The molecule has 0 aromatic heterocycles. The molecule has 2 aliphatic heterocycles. The molecule has 5 heteroatoms. The number of allylic oxidation sites excluding steroid dienone is 1. The number of rotatable bonds is 2. The molecule has 0 N–H and O–H groups in total. The molecule has 118 valence electrons. The highest BCUT2D eigenvalue weighted by molar-refractivity contribution is 7.84. The number of benzene rings is 1. The first-order valence-corrected chi connectivity index (χ1v) is 9.37. The number of aliphatic imine (C=N–C) groups is 2. The Kier molecular flexibility index (Phi) is 3.41. The van der Waals surface area contributed by atoms with Gasteiger partial charge in [0.1, 0.15) is 5.78 Å². The van der Waals surface area contributed by atoms with Gasteiger partial charge in [0.2, 0.25) is 0 Å². The van der Waals surface area contributed by atoms with Gasteiger partial charge in [0, 0.05) is 64.3 Å². The van der Waals surface area contributed by atoms with Crippen molar-refractivity contribution in [3.05, 3.63) is 42.1 Å². The zero-order valence-electron chi connectivity index (χ0n) is 12.9. The largest absolute Gasteiger partial charge is 0.299 e. The first kappa shape index (κ1) is 14.7.